The van der Waals surface area contributed by atoms with Crippen LogP contribution in [-0.4, -0.2) is 16.5 Å². The molecule has 0 unspecified atom stereocenters. The molecule has 0 fully saturated rings. The Morgan fingerprint density at radius 2 is 2.09 bits per heavy atom. The molecule has 1 aromatic carbocycles. The highest BCUT2D eigenvalue weighted by molar-refractivity contribution is 6.35. The maximum atomic E-state index is 10.7. The zero-order valence-corrected chi connectivity index (χ0v) is 12.7. The van der Waals surface area contributed by atoms with Gasteiger partial charge in [0.05, 0.1) is 4.92 Å². The third-order valence-corrected chi connectivity index (χ3v) is 3.48. The van der Waals surface area contributed by atoms with Gasteiger partial charge in [-0.25, -0.2) is 4.98 Å². The number of hydrogen-bond acceptors (Lipinski definition) is 5. The van der Waals surface area contributed by atoms with E-state index in [-0.39, 0.29) is 11.4 Å². The van der Waals surface area contributed by atoms with E-state index in [0.717, 1.165) is 5.56 Å². The van der Waals surface area contributed by atoms with Crippen molar-refractivity contribution >= 4 is 34.7 Å². The van der Waals surface area contributed by atoms with Crippen molar-refractivity contribution in [3.63, 3.8) is 0 Å². The number of nitro groups is 1. The number of anilines is 1. The highest BCUT2D eigenvalue weighted by Crippen LogP contribution is 2.22. The summed E-state index contributed by atoms with van der Waals surface area (Å²) in [6.07, 6.45) is 0.622. The van der Waals surface area contributed by atoms with Crippen molar-refractivity contribution < 1.29 is 4.92 Å². The molecule has 22 heavy (non-hydrogen) atoms. The van der Waals surface area contributed by atoms with Crippen molar-refractivity contribution in [2.24, 2.45) is 0 Å². The maximum Gasteiger partial charge on any atom is 0.305 e. The summed E-state index contributed by atoms with van der Waals surface area (Å²) in [5, 5.41) is 23.7. The number of aromatic nitrogens is 1. The number of benzene rings is 1. The van der Waals surface area contributed by atoms with Gasteiger partial charge >= 0.3 is 5.69 Å². The van der Waals surface area contributed by atoms with Gasteiger partial charge in [0.25, 0.3) is 0 Å². The Hall–Kier alpha value is -2.36. The molecule has 8 heteroatoms. The summed E-state index contributed by atoms with van der Waals surface area (Å²) in [7, 11) is 0. The van der Waals surface area contributed by atoms with E-state index in [2.05, 4.69) is 10.3 Å². The zero-order chi connectivity index (χ0) is 16.1. The van der Waals surface area contributed by atoms with E-state index < -0.39 is 4.92 Å². The van der Waals surface area contributed by atoms with Crippen molar-refractivity contribution in [1.29, 1.82) is 5.26 Å². The molecule has 2 rings (SSSR count). The number of rotatable bonds is 5. The maximum absolute atomic E-state index is 10.7. The first kappa shape index (κ1) is 16.0. The van der Waals surface area contributed by atoms with Crippen LogP contribution in [0, 0.1) is 21.4 Å². The first-order chi connectivity index (χ1) is 10.5. The van der Waals surface area contributed by atoms with E-state index in [1.165, 1.54) is 12.1 Å². The second-order valence-electron chi connectivity index (χ2n) is 4.35. The van der Waals surface area contributed by atoms with Gasteiger partial charge in [0.15, 0.2) is 0 Å². The molecule has 6 nitrogen and oxygen atoms in total. The molecule has 0 radical (unpaired) electrons. The normalized spacial score (nSPS) is 10.0. The van der Waals surface area contributed by atoms with Crippen LogP contribution in [0.3, 0.4) is 0 Å². The van der Waals surface area contributed by atoms with Crippen LogP contribution in [0.25, 0.3) is 0 Å². The van der Waals surface area contributed by atoms with Gasteiger partial charge in [-0.05, 0) is 30.2 Å². The van der Waals surface area contributed by atoms with E-state index in [4.69, 9.17) is 28.5 Å². The van der Waals surface area contributed by atoms with Gasteiger partial charge in [0.2, 0.25) is 5.69 Å². The molecule has 1 N–H and O–H groups in total. The highest BCUT2D eigenvalue weighted by atomic mass is 35.5. The molecule has 1 aromatic heterocycles. The molecule has 2 aromatic rings. The molecular weight excluding hydrogens is 327 g/mol. The number of nitrogens with one attached hydrogen (secondary N) is 1. The Labute approximate surface area is 136 Å². The molecular formula is C14H10Cl2N4O2. The van der Waals surface area contributed by atoms with Crippen LogP contribution in [-0.2, 0) is 6.42 Å². The summed E-state index contributed by atoms with van der Waals surface area (Å²) in [6.45, 7) is 0.511. The zero-order valence-electron chi connectivity index (χ0n) is 11.2. The molecule has 0 saturated heterocycles. The Bertz CT molecular complexity index is 759. The lowest BCUT2D eigenvalue weighted by atomic mass is 10.1. The Morgan fingerprint density at radius 3 is 2.73 bits per heavy atom. The van der Waals surface area contributed by atoms with Gasteiger partial charge in [-0.1, -0.05) is 29.3 Å². The number of hydrogen-bond donors (Lipinski definition) is 1. The first-order valence-electron chi connectivity index (χ1n) is 6.24. The first-order valence-corrected chi connectivity index (χ1v) is 7.00. The van der Waals surface area contributed by atoms with Crippen LogP contribution in [0.1, 0.15) is 11.3 Å². The predicted octanol–water partition coefficient (Wildman–Crippen LogP) is 3.82. The summed E-state index contributed by atoms with van der Waals surface area (Å²) in [5.74, 6) is 0.396. The number of halogens is 2. The van der Waals surface area contributed by atoms with Crippen LogP contribution in [0.5, 0.6) is 0 Å². The van der Waals surface area contributed by atoms with Gasteiger partial charge in [-0.2, -0.15) is 5.26 Å². The van der Waals surface area contributed by atoms with Gasteiger partial charge in [-0.15, -0.1) is 0 Å². The Morgan fingerprint density at radius 1 is 1.32 bits per heavy atom. The molecule has 0 aliphatic rings. The molecule has 112 valence electrons. The van der Waals surface area contributed by atoms with Crippen molar-refractivity contribution in [3.8, 4) is 6.07 Å². The fourth-order valence-electron chi connectivity index (χ4n) is 1.83. The molecule has 0 bridgehead atoms. The lowest BCUT2D eigenvalue weighted by Crippen LogP contribution is -2.08. The molecule has 0 atom stereocenters. The van der Waals surface area contributed by atoms with Gasteiger partial charge < -0.3 is 5.32 Å². The number of pyridine rings is 1. The molecule has 1 heterocycles. The monoisotopic (exact) mass is 336 g/mol. The summed E-state index contributed by atoms with van der Waals surface area (Å²) < 4.78 is 0. The van der Waals surface area contributed by atoms with E-state index in [0.29, 0.717) is 28.8 Å². The highest BCUT2D eigenvalue weighted by Gasteiger charge is 2.15. The summed E-state index contributed by atoms with van der Waals surface area (Å²) in [6, 6.07) is 9.67. The quantitative estimate of drug-likeness (QED) is 0.661. The lowest BCUT2D eigenvalue weighted by molar-refractivity contribution is -0.385. The minimum atomic E-state index is -0.636. The Balaban J connectivity index is 2.03. The van der Waals surface area contributed by atoms with Crippen LogP contribution in [0.15, 0.2) is 30.3 Å². The molecule has 0 saturated carbocycles. The second kappa shape index (κ2) is 7.07. The third-order valence-electron chi connectivity index (χ3n) is 2.89. The SMILES string of the molecule is N#Cc1nc(NCCc2ccc(Cl)cc2Cl)ccc1[N+](=O)[O-]. The van der Waals surface area contributed by atoms with Crippen LogP contribution >= 0.6 is 23.2 Å². The summed E-state index contributed by atoms with van der Waals surface area (Å²) >= 11 is 11.9. The van der Waals surface area contributed by atoms with Crippen LogP contribution < -0.4 is 5.32 Å². The van der Waals surface area contributed by atoms with Crippen molar-refractivity contribution in [2.45, 2.75) is 6.42 Å². The average Bonchev–Trinajstić information content (AvgIpc) is 2.49. The fourth-order valence-corrected chi connectivity index (χ4v) is 2.33. The topological polar surface area (TPSA) is 91.8 Å². The van der Waals surface area contributed by atoms with Crippen LogP contribution in [0.4, 0.5) is 11.5 Å². The van der Waals surface area contributed by atoms with Crippen molar-refractivity contribution in [3.05, 3.63) is 61.7 Å². The predicted molar refractivity (Wildman–Crippen MR) is 84.3 cm³/mol. The second-order valence-corrected chi connectivity index (χ2v) is 5.19. The van der Waals surface area contributed by atoms with Gasteiger partial charge in [0.1, 0.15) is 11.9 Å². The fraction of sp³-hybridized carbons (Fsp3) is 0.143. The van der Waals surface area contributed by atoms with E-state index >= 15 is 0 Å². The van der Waals surface area contributed by atoms with Crippen molar-refractivity contribution in [2.75, 3.05) is 11.9 Å². The minimum absolute atomic E-state index is 0.223. The van der Waals surface area contributed by atoms with E-state index in [1.54, 1.807) is 18.2 Å². The van der Waals surface area contributed by atoms with Gasteiger partial charge in [0, 0.05) is 22.7 Å². The minimum Gasteiger partial charge on any atom is -0.370 e. The number of nitriles is 1. The average molecular weight is 337 g/mol. The molecule has 0 amide bonds. The smallest absolute Gasteiger partial charge is 0.305 e. The molecule has 0 aliphatic carbocycles. The third kappa shape index (κ3) is 3.85. The standard InChI is InChI=1S/C14H10Cl2N4O2/c15-10-2-1-9(11(16)7-10)5-6-18-14-4-3-13(20(21)22)12(8-17)19-14/h1-4,7H,5-6H2,(H,18,19). The van der Waals surface area contributed by atoms with E-state index in [9.17, 15) is 10.1 Å². The summed E-state index contributed by atoms with van der Waals surface area (Å²) in [4.78, 5) is 14.0. The molecule has 0 spiro atoms. The van der Waals surface area contributed by atoms with E-state index in [1.807, 2.05) is 6.07 Å². The Kier molecular flexibility index (Phi) is 5.15. The van der Waals surface area contributed by atoms with Crippen LogP contribution in [0.2, 0.25) is 10.0 Å². The molecule has 0 aliphatic heterocycles. The van der Waals surface area contributed by atoms with Crippen molar-refractivity contribution in [1.82, 2.24) is 4.98 Å². The lowest BCUT2D eigenvalue weighted by Gasteiger charge is -2.07. The summed E-state index contributed by atoms with van der Waals surface area (Å²) in [5.41, 5.74) is 0.384. The van der Waals surface area contributed by atoms with Gasteiger partial charge in [-0.3, -0.25) is 10.1 Å². The largest absolute Gasteiger partial charge is 0.370 e. The number of nitrogens with zero attached hydrogens (tertiary/aromatic N) is 3.